The van der Waals surface area contributed by atoms with Crippen LogP contribution in [0.2, 0.25) is 0 Å². The van der Waals surface area contributed by atoms with E-state index in [0.29, 0.717) is 16.9 Å². The Hall–Kier alpha value is -4.18. The molecule has 0 aliphatic carbocycles. The highest BCUT2D eigenvalue weighted by atomic mass is 19.1. The minimum Gasteiger partial charge on any atom is -0.452 e. The van der Waals surface area contributed by atoms with Gasteiger partial charge in [0.1, 0.15) is 28.9 Å². The lowest BCUT2D eigenvalue weighted by molar-refractivity contribution is -0.144. The molecule has 31 heavy (non-hydrogen) atoms. The van der Waals surface area contributed by atoms with Crippen molar-refractivity contribution in [3.63, 3.8) is 0 Å². The zero-order chi connectivity index (χ0) is 22.0. The largest absolute Gasteiger partial charge is 0.452 e. The second-order valence-corrected chi connectivity index (χ2v) is 6.61. The molecule has 5 N–H and O–H groups in total. The van der Waals surface area contributed by atoms with Crippen molar-refractivity contribution in [1.29, 1.82) is 0 Å². The number of carbonyl (C=O) groups is 2. The summed E-state index contributed by atoms with van der Waals surface area (Å²) in [5, 5.41) is 14.4. The van der Waals surface area contributed by atoms with E-state index in [9.17, 15) is 19.1 Å². The van der Waals surface area contributed by atoms with Crippen LogP contribution in [0, 0.1) is 5.82 Å². The summed E-state index contributed by atoms with van der Waals surface area (Å²) in [5.41, 5.74) is 6.48. The molecule has 2 aromatic heterocycles. The maximum Gasteiger partial charge on any atom is 0.343 e. The van der Waals surface area contributed by atoms with Gasteiger partial charge in [0.2, 0.25) is 5.88 Å². The number of aromatic amines is 1. The van der Waals surface area contributed by atoms with Crippen molar-refractivity contribution >= 4 is 34.7 Å². The highest BCUT2D eigenvalue weighted by Gasteiger charge is 2.37. The van der Waals surface area contributed by atoms with E-state index in [0.717, 1.165) is 5.39 Å². The molecule has 1 amide bonds. The molecule has 0 saturated carbocycles. The van der Waals surface area contributed by atoms with E-state index in [1.54, 1.807) is 24.5 Å². The van der Waals surface area contributed by atoms with E-state index in [1.807, 2.05) is 6.07 Å². The number of H-pyrrole nitrogens is 1. The van der Waals surface area contributed by atoms with Crippen molar-refractivity contribution in [2.75, 3.05) is 11.9 Å². The molecule has 1 atom stereocenters. The van der Waals surface area contributed by atoms with Crippen LogP contribution in [0.15, 0.2) is 66.0 Å². The van der Waals surface area contributed by atoms with Gasteiger partial charge in [0.25, 0.3) is 5.91 Å². The lowest BCUT2D eigenvalue weighted by atomic mass is 10.1. The zero-order valence-corrected chi connectivity index (χ0v) is 16.0. The fourth-order valence-electron chi connectivity index (χ4n) is 3.03. The third-order valence-electron chi connectivity index (χ3n) is 4.46. The van der Waals surface area contributed by atoms with Crippen LogP contribution in [0.25, 0.3) is 17.1 Å². The first-order valence-corrected chi connectivity index (χ1v) is 9.14. The fraction of sp³-hybridized carbons (Fsp3) is 0.0952. The highest BCUT2D eigenvalue weighted by molar-refractivity contribution is 5.94. The number of anilines is 1. The van der Waals surface area contributed by atoms with E-state index in [2.05, 4.69) is 15.3 Å². The molecule has 9 nitrogen and oxygen atoms in total. The first kappa shape index (κ1) is 20.1. The summed E-state index contributed by atoms with van der Waals surface area (Å²) in [6.07, 6.45) is 3.38. The van der Waals surface area contributed by atoms with Gasteiger partial charge in [0.15, 0.2) is 6.61 Å². The molecule has 0 spiro atoms. The van der Waals surface area contributed by atoms with Gasteiger partial charge in [0.05, 0.1) is 0 Å². The monoisotopic (exact) mass is 424 g/mol. The van der Waals surface area contributed by atoms with Gasteiger partial charge >= 0.3 is 5.97 Å². The summed E-state index contributed by atoms with van der Waals surface area (Å²) in [6, 6.07) is 8.88. The number of aliphatic hydroxyl groups is 1. The Kier molecular flexibility index (Phi) is 5.37. The number of primary amides is 1. The quantitative estimate of drug-likeness (QED) is 0.442. The standard InChI is InChI=1S/C21H17FN4O5/c22-12-3-5-13(6-4-12)26-20-17(21(29)30-10-16(23)27)18(28)15(31-20)8-11-9-25-19-14(11)2-1-7-24-19/h1-9,18,26,28H,10H2,(H2,23,27)(H,24,25)/b15-8-. The number of ether oxygens (including phenoxy) is 2. The lowest BCUT2D eigenvalue weighted by Crippen LogP contribution is -2.25. The van der Waals surface area contributed by atoms with Gasteiger partial charge in [-0.15, -0.1) is 0 Å². The number of rotatable bonds is 6. The molecule has 1 unspecified atom stereocenters. The molecule has 1 aliphatic rings. The van der Waals surface area contributed by atoms with Gasteiger partial charge in [-0.1, -0.05) is 0 Å². The van der Waals surface area contributed by atoms with Crippen molar-refractivity contribution in [3.8, 4) is 0 Å². The van der Waals surface area contributed by atoms with E-state index < -0.39 is 30.4 Å². The number of hydrogen-bond acceptors (Lipinski definition) is 7. The van der Waals surface area contributed by atoms with Crippen LogP contribution < -0.4 is 11.1 Å². The third-order valence-corrected chi connectivity index (χ3v) is 4.46. The summed E-state index contributed by atoms with van der Waals surface area (Å²) in [6.45, 7) is -0.661. The first-order chi connectivity index (χ1) is 14.9. The number of aliphatic hydroxyl groups excluding tert-OH is 1. The van der Waals surface area contributed by atoms with Gasteiger partial charge in [-0.05, 0) is 42.5 Å². The smallest absolute Gasteiger partial charge is 0.343 e. The highest BCUT2D eigenvalue weighted by Crippen LogP contribution is 2.33. The number of esters is 1. The van der Waals surface area contributed by atoms with E-state index in [4.69, 9.17) is 15.2 Å². The number of halogens is 1. The van der Waals surface area contributed by atoms with Crippen LogP contribution in [-0.4, -0.2) is 39.7 Å². The van der Waals surface area contributed by atoms with E-state index >= 15 is 0 Å². The number of pyridine rings is 1. The Morgan fingerprint density at radius 2 is 2.10 bits per heavy atom. The topological polar surface area (TPSA) is 140 Å². The number of benzene rings is 1. The maximum absolute atomic E-state index is 13.2. The summed E-state index contributed by atoms with van der Waals surface area (Å²) in [7, 11) is 0. The Morgan fingerprint density at radius 1 is 1.32 bits per heavy atom. The normalized spacial score (nSPS) is 17.1. The molecule has 0 bridgehead atoms. The first-order valence-electron chi connectivity index (χ1n) is 9.14. The van der Waals surface area contributed by atoms with Crippen LogP contribution in [0.1, 0.15) is 5.56 Å². The summed E-state index contributed by atoms with van der Waals surface area (Å²) in [4.78, 5) is 30.7. The fourth-order valence-corrected chi connectivity index (χ4v) is 3.03. The molecule has 3 aromatic rings. The zero-order valence-electron chi connectivity index (χ0n) is 16.0. The predicted octanol–water partition coefficient (Wildman–Crippen LogP) is 1.79. The van der Waals surface area contributed by atoms with E-state index in [1.165, 1.54) is 24.3 Å². The average molecular weight is 424 g/mol. The Morgan fingerprint density at radius 3 is 2.84 bits per heavy atom. The molecular formula is C21H17FN4O5. The third kappa shape index (κ3) is 4.23. The predicted molar refractivity (Wildman–Crippen MR) is 108 cm³/mol. The summed E-state index contributed by atoms with van der Waals surface area (Å²) in [5.74, 6) is -2.35. The van der Waals surface area contributed by atoms with Gasteiger partial charge in [-0.3, -0.25) is 4.79 Å². The van der Waals surface area contributed by atoms with Crippen LogP contribution >= 0.6 is 0 Å². The minimum absolute atomic E-state index is 0.0420. The molecule has 1 aromatic carbocycles. The molecule has 0 fully saturated rings. The second kappa shape index (κ2) is 8.28. The summed E-state index contributed by atoms with van der Waals surface area (Å²) >= 11 is 0. The SMILES string of the molecule is NC(=O)COC(=O)C1=C(Nc2ccc(F)cc2)O/C(=C\c2c[nH]c3ncccc23)C1O. The average Bonchev–Trinajstić information content (AvgIpc) is 3.29. The number of fused-ring (bicyclic) bond motifs is 1. The number of aromatic nitrogens is 2. The van der Waals surface area contributed by atoms with Gasteiger partial charge in [-0.2, -0.15) is 0 Å². The molecule has 4 rings (SSSR count). The van der Waals surface area contributed by atoms with Crippen LogP contribution in [-0.2, 0) is 19.1 Å². The van der Waals surface area contributed by atoms with Crippen molar-refractivity contribution < 1.29 is 28.6 Å². The molecule has 158 valence electrons. The molecule has 3 heterocycles. The Balaban J connectivity index is 1.67. The van der Waals surface area contributed by atoms with Gasteiger partial charge < -0.3 is 30.6 Å². The minimum atomic E-state index is -1.48. The Labute approximate surface area is 175 Å². The van der Waals surface area contributed by atoms with Crippen molar-refractivity contribution in [2.24, 2.45) is 5.73 Å². The second-order valence-electron chi connectivity index (χ2n) is 6.61. The Bertz CT molecular complexity index is 1220. The van der Waals surface area contributed by atoms with Crippen LogP contribution in [0.3, 0.4) is 0 Å². The molecule has 10 heteroatoms. The number of nitrogens with one attached hydrogen (secondary N) is 2. The van der Waals surface area contributed by atoms with Crippen LogP contribution in [0.4, 0.5) is 10.1 Å². The summed E-state index contributed by atoms with van der Waals surface area (Å²) < 4.78 is 23.7. The van der Waals surface area contributed by atoms with Gasteiger partial charge in [0, 0.05) is 29.0 Å². The lowest BCUT2D eigenvalue weighted by Gasteiger charge is -2.09. The number of carbonyl (C=O) groups excluding carboxylic acids is 2. The van der Waals surface area contributed by atoms with Crippen molar-refractivity contribution in [2.45, 2.75) is 6.10 Å². The van der Waals surface area contributed by atoms with Crippen molar-refractivity contribution in [3.05, 3.63) is 77.4 Å². The molecular weight excluding hydrogens is 407 g/mol. The maximum atomic E-state index is 13.2. The van der Waals surface area contributed by atoms with Crippen LogP contribution in [0.5, 0.6) is 0 Å². The molecule has 0 saturated heterocycles. The molecule has 0 radical (unpaired) electrons. The number of nitrogens with two attached hydrogens (primary N) is 1. The molecule has 1 aliphatic heterocycles. The number of hydrogen-bond donors (Lipinski definition) is 4. The van der Waals surface area contributed by atoms with E-state index in [-0.39, 0.29) is 17.2 Å². The number of nitrogens with zero attached hydrogens (tertiary/aromatic N) is 1. The van der Waals surface area contributed by atoms with Crippen molar-refractivity contribution in [1.82, 2.24) is 9.97 Å². The van der Waals surface area contributed by atoms with Gasteiger partial charge in [-0.25, -0.2) is 14.2 Å². The number of amides is 1.